The van der Waals surface area contributed by atoms with Crippen LogP contribution < -0.4 is 0 Å². The van der Waals surface area contributed by atoms with Gasteiger partial charge in [0.05, 0.1) is 0 Å². The van der Waals surface area contributed by atoms with Gasteiger partial charge in [0, 0.05) is 32.7 Å². The van der Waals surface area contributed by atoms with Gasteiger partial charge in [-0.05, 0) is 19.9 Å². The Morgan fingerprint density at radius 3 is 2.25 bits per heavy atom. The summed E-state index contributed by atoms with van der Waals surface area (Å²) in [5.41, 5.74) is -0.796. The van der Waals surface area contributed by atoms with Gasteiger partial charge in [0.2, 0.25) is 0 Å². The van der Waals surface area contributed by atoms with Gasteiger partial charge < -0.3 is 4.90 Å². The van der Waals surface area contributed by atoms with Crippen molar-refractivity contribution in [2.75, 3.05) is 39.8 Å². The largest absolute Gasteiger partial charge is 0.304 e. The van der Waals surface area contributed by atoms with Crippen LogP contribution >= 0.6 is 0 Å². The van der Waals surface area contributed by atoms with Gasteiger partial charge in [-0.1, -0.05) is 0 Å². The lowest BCUT2D eigenvalue weighted by molar-refractivity contribution is 0.114. The monoisotopic (exact) mass is 172 g/mol. The van der Waals surface area contributed by atoms with Crippen LogP contribution in [0.3, 0.4) is 0 Å². The first-order valence-corrected chi connectivity index (χ1v) is 4.78. The summed E-state index contributed by atoms with van der Waals surface area (Å²) in [4.78, 5) is 4.56. The molecular formula is C9H17FN2. The molecule has 12 heavy (non-hydrogen) atoms. The lowest BCUT2D eigenvalue weighted by Crippen LogP contribution is -2.46. The predicted molar refractivity (Wildman–Crippen MR) is 47.0 cm³/mol. The van der Waals surface area contributed by atoms with Crippen molar-refractivity contribution >= 4 is 0 Å². The average molecular weight is 172 g/mol. The third-order valence-electron chi connectivity index (χ3n) is 2.90. The lowest BCUT2D eigenvalue weighted by Gasteiger charge is -2.33. The normalized spacial score (nSPS) is 30.5. The van der Waals surface area contributed by atoms with Crippen molar-refractivity contribution in [1.29, 1.82) is 0 Å². The molecule has 0 spiro atoms. The van der Waals surface area contributed by atoms with Crippen LogP contribution in [0.4, 0.5) is 4.39 Å². The summed E-state index contributed by atoms with van der Waals surface area (Å²) in [5, 5.41) is 0. The first-order valence-electron chi connectivity index (χ1n) is 4.78. The van der Waals surface area contributed by atoms with E-state index in [1.807, 2.05) is 0 Å². The maximum absolute atomic E-state index is 13.3. The van der Waals surface area contributed by atoms with Gasteiger partial charge in [-0.25, -0.2) is 4.39 Å². The minimum Gasteiger partial charge on any atom is -0.304 e. The van der Waals surface area contributed by atoms with E-state index in [0.29, 0.717) is 6.54 Å². The molecule has 0 amide bonds. The molecular weight excluding hydrogens is 155 g/mol. The van der Waals surface area contributed by atoms with Crippen LogP contribution in [0, 0.1) is 0 Å². The van der Waals surface area contributed by atoms with Crippen molar-refractivity contribution in [3.05, 3.63) is 0 Å². The number of halogens is 1. The van der Waals surface area contributed by atoms with Crippen LogP contribution in [0.1, 0.15) is 12.8 Å². The zero-order valence-corrected chi connectivity index (χ0v) is 7.72. The standard InChI is InChI=1S/C9H17FN2/c1-11-4-6-12(7-5-11)8-9(10)2-3-9/h2-8H2,1H3. The molecule has 1 saturated carbocycles. The molecule has 0 aromatic heterocycles. The van der Waals surface area contributed by atoms with Gasteiger partial charge in [-0.15, -0.1) is 0 Å². The van der Waals surface area contributed by atoms with Crippen LogP contribution in [0.25, 0.3) is 0 Å². The molecule has 1 saturated heterocycles. The highest BCUT2D eigenvalue weighted by Gasteiger charge is 2.44. The topological polar surface area (TPSA) is 6.48 Å². The molecule has 0 atom stereocenters. The van der Waals surface area contributed by atoms with E-state index in [0.717, 1.165) is 39.0 Å². The summed E-state index contributed by atoms with van der Waals surface area (Å²) in [6.07, 6.45) is 1.58. The summed E-state index contributed by atoms with van der Waals surface area (Å²) < 4.78 is 13.3. The van der Waals surface area contributed by atoms with E-state index >= 15 is 0 Å². The molecule has 2 nitrogen and oxygen atoms in total. The van der Waals surface area contributed by atoms with Crippen LogP contribution in [0.2, 0.25) is 0 Å². The van der Waals surface area contributed by atoms with Crippen molar-refractivity contribution in [1.82, 2.24) is 9.80 Å². The Kier molecular flexibility index (Phi) is 2.09. The van der Waals surface area contributed by atoms with Gasteiger partial charge in [0.1, 0.15) is 5.67 Å². The van der Waals surface area contributed by atoms with Gasteiger partial charge in [-0.2, -0.15) is 0 Å². The Morgan fingerprint density at radius 2 is 1.75 bits per heavy atom. The van der Waals surface area contributed by atoms with Gasteiger partial charge in [0.25, 0.3) is 0 Å². The fourth-order valence-corrected chi connectivity index (χ4v) is 1.70. The average Bonchev–Trinajstić information content (AvgIpc) is 2.74. The van der Waals surface area contributed by atoms with Crippen molar-refractivity contribution < 1.29 is 4.39 Å². The summed E-state index contributed by atoms with van der Waals surface area (Å²) in [5.74, 6) is 0. The van der Waals surface area contributed by atoms with Gasteiger partial charge in [0.15, 0.2) is 0 Å². The summed E-state index contributed by atoms with van der Waals surface area (Å²) in [6, 6.07) is 0. The van der Waals surface area contributed by atoms with E-state index < -0.39 is 5.67 Å². The van der Waals surface area contributed by atoms with Crippen LogP contribution in [-0.4, -0.2) is 55.2 Å². The van der Waals surface area contributed by atoms with Crippen molar-refractivity contribution in [3.63, 3.8) is 0 Å². The zero-order valence-electron chi connectivity index (χ0n) is 7.72. The van der Waals surface area contributed by atoms with E-state index in [-0.39, 0.29) is 0 Å². The fourth-order valence-electron chi connectivity index (χ4n) is 1.70. The highest BCUT2D eigenvalue weighted by atomic mass is 19.1. The molecule has 0 bridgehead atoms. The van der Waals surface area contributed by atoms with E-state index in [9.17, 15) is 4.39 Å². The molecule has 0 radical (unpaired) electrons. The lowest BCUT2D eigenvalue weighted by atomic mass is 10.3. The van der Waals surface area contributed by atoms with Crippen LogP contribution in [-0.2, 0) is 0 Å². The van der Waals surface area contributed by atoms with Gasteiger partial charge >= 0.3 is 0 Å². The van der Waals surface area contributed by atoms with Crippen molar-refractivity contribution in [3.8, 4) is 0 Å². The molecule has 0 N–H and O–H groups in total. The minimum absolute atomic E-state index is 0.681. The van der Waals surface area contributed by atoms with E-state index in [1.54, 1.807) is 0 Å². The van der Waals surface area contributed by atoms with Gasteiger partial charge in [-0.3, -0.25) is 4.90 Å². The Balaban J connectivity index is 1.75. The minimum atomic E-state index is -0.796. The third-order valence-corrected chi connectivity index (χ3v) is 2.90. The van der Waals surface area contributed by atoms with Crippen molar-refractivity contribution in [2.24, 2.45) is 0 Å². The quantitative estimate of drug-likeness (QED) is 0.606. The molecule has 1 heterocycles. The van der Waals surface area contributed by atoms with E-state index in [2.05, 4.69) is 16.8 Å². The fraction of sp³-hybridized carbons (Fsp3) is 1.00. The van der Waals surface area contributed by atoms with Crippen LogP contribution in [0.15, 0.2) is 0 Å². The maximum atomic E-state index is 13.3. The SMILES string of the molecule is CN1CCN(CC2(F)CC2)CC1. The molecule has 0 unspecified atom stereocenters. The smallest absolute Gasteiger partial charge is 0.123 e. The highest BCUT2D eigenvalue weighted by molar-refractivity contribution is 4.97. The Hall–Kier alpha value is -0.150. The second kappa shape index (κ2) is 2.96. The van der Waals surface area contributed by atoms with Crippen LogP contribution in [0.5, 0.6) is 0 Å². The number of piperazine rings is 1. The Morgan fingerprint density at radius 1 is 1.17 bits per heavy atom. The molecule has 0 aromatic carbocycles. The second-order valence-corrected chi connectivity index (χ2v) is 4.23. The molecule has 3 heteroatoms. The molecule has 2 rings (SSSR count). The molecule has 0 aromatic rings. The number of hydrogen-bond acceptors (Lipinski definition) is 2. The summed E-state index contributed by atoms with van der Waals surface area (Å²) in [7, 11) is 2.12. The van der Waals surface area contributed by atoms with E-state index in [1.165, 1.54) is 0 Å². The first kappa shape index (κ1) is 8.45. The zero-order chi connectivity index (χ0) is 8.60. The highest BCUT2D eigenvalue weighted by Crippen LogP contribution is 2.40. The predicted octanol–water partition coefficient (Wildman–Crippen LogP) is 0.736. The number of likely N-dealkylation sites (N-methyl/N-ethyl adjacent to an activating group) is 1. The summed E-state index contributed by atoms with van der Waals surface area (Å²) in [6.45, 7) is 4.96. The van der Waals surface area contributed by atoms with Crippen molar-refractivity contribution in [2.45, 2.75) is 18.5 Å². The number of alkyl halides is 1. The molecule has 2 aliphatic rings. The molecule has 70 valence electrons. The third kappa shape index (κ3) is 1.96. The van der Waals surface area contributed by atoms with E-state index in [4.69, 9.17) is 0 Å². The number of hydrogen-bond donors (Lipinski definition) is 0. The Bertz CT molecular complexity index is 160. The molecule has 1 aliphatic heterocycles. The second-order valence-electron chi connectivity index (χ2n) is 4.23. The molecule has 1 aliphatic carbocycles. The maximum Gasteiger partial charge on any atom is 0.123 e. The number of rotatable bonds is 2. The summed E-state index contributed by atoms with van der Waals surface area (Å²) >= 11 is 0. The first-order chi connectivity index (χ1) is 5.68. The molecule has 2 fully saturated rings. The number of nitrogens with zero attached hydrogens (tertiary/aromatic N) is 2. The Labute approximate surface area is 73.3 Å².